The van der Waals surface area contributed by atoms with Crippen LogP contribution < -0.4 is 14.8 Å². The Balaban J connectivity index is 2.28. The van der Waals surface area contributed by atoms with Crippen LogP contribution in [0.3, 0.4) is 0 Å². The van der Waals surface area contributed by atoms with Crippen molar-refractivity contribution in [2.45, 2.75) is 45.6 Å². The summed E-state index contributed by atoms with van der Waals surface area (Å²) in [6.07, 6.45) is 5.32. The molecule has 3 unspecified atom stereocenters. The summed E-state index contributed by atoms with van der Waals surface area (Å²) in [5.41, 5.74) is 1.28. The minimum atomic E-state index is 0.391. The lowest BCUT2D eigenvalue weighted by Crippen LogP contribution is -2.31. The van der Waals surface area contributed by atoms with Gasteiger partial charge in [-0.05, 0) is 48.9 Å². The number of hydrogen-bond donors (Lipinski definition) is 1. The van der Waals surface area contributed by atoms with Gasteiger partial charge >= 0.3 is 0 Å². The first-order valence-electron chi connectivity index (χ1n) is 8.14. The Morgan fingerprint density at radius 3 is 2.33 bits per heavy atom. The molecule has 1 aromatic rings. The van der Waals surface area contributed by atoms with Gasteiger partial charge in [0, 0.05) is 12.1 Å². The van der Waals surface area contributed by atoms with Crippen LogP contribution in [0.15, 0.2) is 18.2 Å². The zero-order chi connectivity index (χ0) is 15.2. The monoisotopic (exact) mass is 291 g/mol. The van der Waals surface area contributed by atoms with Gasteiger partial charge in [0.05, 0.1) is 14.2 Å². The molecule has 3 nitrogen and oxygen atoms in total. The summed E-state index contributed by atoms with van der Waals surface area (Å²) in [5, 5.41) is 3.68. The molecular weight excluding hydrogens is 262 g/mol. The van der Waals surface area contributed by atoms with Crippen LogP contribution in [-0.4, -0.2) is 20.8 Å². The van der Waals surface area contributed by atoms with Crippen molar-refractivity contribution in [3.63, 3.8) is 0 Å². The second kappa shape index (κ2) is 7.69. The smallest absolute Gasteiger partial charge is 0.122 e. The summed E-state index contributed by atoms with van der Waals surface area (Å²) in [6.45, 7) is 5.53. The molecule has 21 heavy (non-hydrogen) atoms. The van der Waals surface area contributed by atoms with Crippen LogP contribution >= 0.6 is 0 Å². The van der Waals surface area contributed by atoms with E-state index in [0.29, 0.717) is 12.0 Å². The van der Waals surface area contributed by atoms with E-state index >= 15 is 0 Å². The highest BCUT2D eigenvalue weighted by Gasteiger charge is 2.28. The van der Waals surface area contributed by atoms with Gasteiger partial charge in [0.1, 0.15) is 11.5 Å². The highest BCUT2D eigenvalue weighted by Crippen LogP contribution is 2.39. The van der Waals surface area contributed by atoms with E-state index in [1.807, 2.05) is 6.07 Å². The molecule has 0 heterocycles. The molecule has 0 aromatic heterocycles. The number of benzene rings is 1. The molecule has 0 saturated heterocycles. The van der Waals surface area contributed by atoms with Gasteiger partial charge in [-0.3, -0.25) is 0 Å². The predicted molar refractivity (Wildman–Crippen MR) is 87.1 cm³/mol. The Bertz CT molecular complexity index is 425. The van der Waals surface area contributed by atoms with Gasteiger partial charge in [-0.2, -0.15) is 0 Å². The lowest BCUT2D eigenvalue weighted by molar-refractivity contribution is 0.224. The Labute approximate surface area is 129 Å². The minimum Gasteiger partial charge on any atom is -0.497 e. The zero-order valence-corrected chi connectivity index (χ0v) is 13.8. The van der Waals surface area contributed by atoms with Crippen LogP contribution in [0, 0.1) is 11.8 Å². The third-order valence-electron chi connectivity index (χ3n) is 4.61. The Morgan fingerprint density at radius 1 is 1.14 bits per heavy atom. The van der Waals surface area contributed by atoms with Crippen molar-refractivity contribution in [1.29, 1.82) is 0 Å². The van der Waals surface area contributed by atoms with Crippen LogP contribution in [0.5, 0.6) is 11.5 Å². The molecule has 1 fully saturated rings. The molecule has 1 aliphatic rings. The fourth-order valence-corrected chi connectivity index (χ4v) is 3.57. The number of hydrogen-bond acceptors (Lipinski definition) is 3. The number of methoxy groups -OCH3 is 2. The lowest BCUT2D eigenvalue weighted by atomic mass is 9.76. The molecule has 2 rings (SSSR count). The minimum absolute atomic E-state index is 0.391. The first kappa shape index (κ1) is 16.2. The lowest BCUT2D eigenvalue weighted by Gasteiger charge is -2.34. The molecule has 1 saturated carbocycles. The van der Waals surface area contributed by atoms with Crippen molar-refractivity contribution in [2.24, 2.45) is 11.8 Å². The fraction of sp³-hybridized carbons (Fsp3) is 0.667. The molecule has 1 N–H and O–H groups in total. The summed E-state index contributed by atoms with van der Waals surface area (Å²) < 4.78 is 10.9. The van der Waals surface area contributed by atoms with Gasteiger partial charge in [-0.1, -0.05) is 26.7 Å². The average molecular weight is 291 g/mol. The van der Waals surface area contributed by atoms with E-state index in [2.05, 4.69) is 31.3 Å². The summed E-state index contributed by atoms with van der Waals surface area (Å²) in [4.78, 5) is 0. The van der Waals surface area contributed by atoms with E-state index < -0.39 is 0 Å². The van der Waals surface area contributed by atoms with Gasteiger partial charge < -0.3 is 14.8 Å². The van der Waals surface area contributed by atoms with Crippen LogP contribution in [0.25, 0.3) is 0 Å². The quantitative estimate of drug-likeness (QED) is 0.853. The first-order valence-corrected chi connectivity index (χ1v) is 8.14. The average Bonchev–Trinajstić information content (AvgIpc) is 2.52. The van der Waals surface area contributed by atoms with E-state index in [1.54, 1.807) is 14.2 Å². The number of ether oxygens (including phenoxy) is 2. The summed E-state index contributed by atoms with van der Waals surface area (Å²) in [5.74, 6) is 3.27. The maximum Gasteiger partial charge on any atom is 0.122 e. The van der Waals surface area contributed by atoms with Crippen LogP contribution in [-0.2, 0) is 0 Å². The molecule has 1 aromatic carbocycles. The molecule has 3 atom stereocenters. The normalized spacial score (nSPS) is 23.6. The molecule has 0 bridgehead atoms. The van der Waals surface area contributed by atoms with Crippen LogP contribution in [0.1, 0.15) is 51.1 Å². The van der Waals surface area contributed by atoms with Crippen molar-refractivity contribution >= 4 is 0 Å². The van der Waals surface area contributed by atoms with E-state index in [1.165, 1.54) is 31.2 Å². The third-order valence-corrected chi connectivity index (χ3v) is 4.61. The standard InChI is InChI=1S/C18H29NO2/c1-5-19-18(14-8-6-7-13(2)9-14)15-10-16(20-3)12-17(11-15)21-4/h10-14,18-19H,5-9H2,1-4H3. The van der Waals surface area contributed by atoms with E-state index in [-0.39, 0.29) is 0 Å². The van der Waals surface area contributed by atoms with Gasteiger partial charge in [0.2, 0.25) is 0 Å². The van der Waals surface area contributed by atoms with Crippen molar-refractivity contribution in [3.05, 3.63) is 23.8 Å². The van der Waals surface area contributed by atoms with Crippen molar-refractivity contribution in [2.75, 3.05) is 20.8 Å². The molecular formula is C18H29NO2. The summed E-state index contributed by atoms with van der Waals surface area (Å²) in [6, 6.07) is 6.63. The van der Waals surface area contributed by atoms with E-state index in [4.69, 9.17) is 9.47 Å². The second-order valence-electron chi connectivity index (χ2n) is 6.21. The van der Waals surface area contributed by atoms with E-state index in [0.717, 1.165) is 24.0 Å². The Hall–Kier alpha value is -1.22. The zero-order valence-electron chi connectivity index (χ0n) is 13.8. The molecule has 1 aliphatic carbocycles. The molecule has 0 aliphatic heterocycles. The summed E-state index contributed by atoms with van der Waals surface area (Å²) >= 11 is 0. The van der Waals surface area contributed by atoms with Gasteiger partial charge in [-0.25, -0.2) is 0 Å². The molecule has 0 spiro atoms. The Morgan fingerprint density at radius 2 is 1.81 bits per heavy atom. The highest BCUT2D eigenvalue weighted by atomic mass is 16.5. The molecule has 0 radical (unpaired) electrons. The third kappa shape index (κ3) is 4.13. The number of nitrogens with one attached hydrogen (secondary N) is 1. The van der Waals surface area contributed by atoms with Gasteiger partial charge in [-0.15, -0.1) is 0 Å². The molecule has 3 heteroatoms. The van der Waals surface area contributed by atoms with Crippen molar-refractivity contribution in [1.82, 2.24) is 5.32 Å². The van der Waals surface area contributed by atoms with Crippen molar-refractivity contribution in [3.8, 4) is 11.5 Å². The molecule has 118 valence electrons. The maximum absolute atomic E-state index is 5.43. The number of rotatable bonds is 6. The van der Waals surface area contributed by atoms with Crippen molar-refractivity contribution < 1.29 is 9.47 Å². The second-order valence-corrected chi connectivity index (χ2v) is 6.21. The fourth-order valence-electron chi connectivity index (χ4n) is 3.57. The first-order chi connectivity index (χ1) is 10.2. The van der Waals surface area contributed by atoms with Crippen LogP contribution in [0.4, 0.5) is 0 Å². The Kier molecular flexibility index (Phi) is 5.92. The highest BCUT2D eigenvalue weighted by molar-refractivity contribution is 5.40. The topological polar surface area (TPSA) is 30.5 Å². The van der Waals surface area contributed by atoms with Crippen LogP contribution in [0.2, 0.25) is 0 Å². The van der Waals surface area contributed by atoms with Gasteiger partial charge in [0.25, 0.3) is 0 Å². The maximum atomic E-state index is 5.43. The summed E-state index contributed by atoms with van der Waals surface area (Å²) in [7, 11) is 3.42. The molecule has 0 amide bonds. The van der Waals surface area contributed by atoms with E-state index in [9.17, 15) is 0 Å². The SMILES string of the molecule is CCNC(c1cc(OC)cc(OC)c1)C1CCCC(C)C1. The predicted octanol–water partition coefficient (Wildman–Crippen LogP) is 4.18. The largest absolute Gasteiger partial charge is 0.497 e. The van der Waals surface area contributed by atoms with Gasteiger partial charge in [0.15, 0.2) is 0 Å².